The van der Waals surface area contributed by atoms with Gasteiger partial charge in [-0.1, -0.05) is 11.6 Å². The van der Waals surface area contributed by atoms with Gasteiger partial charge in [0, 0.05) is 8.59 Å². The van der Waals surface area contributed by atoms with Crippen LogP contribution in [0.2, 0.25) is 5.02 Å². The van der Waals surface area contributed by atoms with Gasteiger partial charge >= 0.3 is 0 Å². The molecule has 3 N–H and O–H groups in total. The maximum Gasteiger partial charge on any atom is 0.262 e. The van der Waals surface area contributed by atoms with E-state index in [1.807, 2.05) is 22.6 Å². The molecule has 0 radical (unpaired) electrons. The second-order valence-electron chi connectivity index (χ2n) is 3.91. The van der Waals surface area contributed by atoms with Gasteiger partial charge in [0.25, 0.3) is 10.0 Å². The maximum absolute atomic E-state index is 13.1. The van der Waals surface area contributed by atoms with E-state index in [0.29, 0.717) is 14.3 Å². The minimum Gasteiger partial charge on any atom is -0.396 e. The Morgan fingerprint density at radius 3 is 2.50 bits per heavy atom. The van der Waals surface area contributed by atoms with Gasteiger partial charge in [-0.25, -0.2) is 12.8 Å². The number of hydrogen-bond acceptors (Lipinski definition) is 3. The molecule has 0 saturated heterocycles. The van der Waals surface area contributed by atoms with Gasteiger partial charge in [-0.15, -0.1) is 0 Å². The molecule has 2 aromatic carbocycles. The van der Waals surface area contributed by atoms with E-state index >= 15 is 0 Å². The number of sulfonamides is 1. The molecule has 2 rings (SSSR count). The summed E-state index contributed by atoms with van der Waals surface area (Å²) in [7, 11) is -3.83. The number of benzene rings is 2. The fraction of sp³-hybridized carbons (Fsp3) is 0. The lowest BCUT2D eigenvalue weighted by Crippen LogP contribution is -2.14. The fourth-order valence-corrected chi connectivity index (χ4v) is 3.77. The summed E-state index contributed by atoms with van der Waals surface area (Å²) in [6.07, 6.45) is 0. The van der Waals surface area contributed by atoms with Gasteiger partial charge in [0.1, 0.15) is 5.82 Å². The molecule has 0 aliphatic carbocycles. The third-order valence-electron chi connectivity index (χ3n) is 2.45. The van der Waals surface area contributed by atoms with Crippen LogP contribution < -0.4 is 10.5 Å². The molecular formula is C12H9ClFIN2O2S. The first-order chi connectivity index (χ1) is 9.29. The Kier molecular flexibility index (Phi) is 4.40. The standard InChI is InChI=1S/C12H9ClFIN2O2S/c13-7-1-4-12(10(15)5-7)17-20(18,19)8-2-3-9(14)11(16)6-8/h1-6,17H,16H2. The average molecular weight is 427 g/mol. The van der Waals surface area contributed by atoms with Crippen molar-refractivity contribution in [2.24, 2.45) is 0 Å². The molecule has 8 heteroatoms. The smallest absolute Gasteiger partial charge is 0.262 e. The SMILES string of the molecule is Nc1cc(S(=O)(=O)Nc2ccc(Cl)cc2I)ccc1F. The van der Waals surface area contributed by atoms with Crippen molar-refractivity contribution in [2.75, 3.05) is 10.5 Å². The Balaban J connectivity index is 2.38. The molecule has 0 aromatic heterocycles. The van der Waals surface area contributed by atoms with E-state index < -0.39 is 15.8 Å². The fourth-order valence-electron chi connectivity index (χ4n) is 1.46. The Labute approximate surface area is 134 Å². The summed E-state index contributed by atoms with van der Waals surface area (Å²) in [5, 5.41) is 0.503. The van der Waals surface area contributed by atoms with Crippen LogP contribution in [0.15, 0.2) is 41.3 Å². The highest BCUT2D eigenvalue weighted by Gasteiger charge is 2.17. The van der Waals surface area contributed by atoms with Gasteiger partial charge in [0.15, 0.2) is 0 Å². The molecule has 0 fully saturated rings. The second-order valence-corrected chi connectivity index (χ2v) is 7.19. The lowest BCUT2D eigenvalue weighted by molar-refractivity contribution is 0.600. The zero-order chi connectivity index (χ0) is 14.9. The minimum absolute atomic E-state index is 0.109. The Morgan fingerprint density at radius 2 is 1.90 bits per heavy atom. The van der Waals surface area contributed by atoms with Crippen molar-refractivity contribution in [1.82, 2.24) is 0 Å². The van der Waals surface area contributed by atoms with Crippen molar-refractivity contribution in [2.45, 2.75) is 4.90 Å². The van der Waals surface area contributed by atoms with Gasteiger partial charge in [-0.2, -0.15) is 0 Å². The maximum atomic E-state index is 13.1. The third kappa shape index (κ3) is 3.33. The molecule has 20 heavy (non-hydrogen) atoms. The summed E-state index contributed by atoms with van der Waals surface area (Å²) in [4.78, 5) is -0.109. The summed E-state index contributed by atoms with van der Waals surface area (Å²) >= 11 is 7.76. The lowest BCUT2D eigenvalue weighted by Gasteiger charge is -2.10. The number of nitrogens with two attached hydrogens (primary N) is 1. The van der Waals surface area contributed by atoms with Gasteiger partial charge < -0.3 is 5.73 Å². The number of hydrogen-bond donors (Lipinski definition) is 2. The van der Waals surface area contributed by atoms with E-state index in [4.69, 9.17) is 17.3 Å². The van der Waals surface area contributed by atoms with Gasteiger partial charge in [-0.3, -0.25) is 4.72 Å². The predicted octanol–water partition coefficient (Wildman–Crippen LogP) is 3.47. The van der Waals surface area contributed by atoms with E-state index in [9.17, 15) is 12.8 Å². The summed E-state index contributed by atoms with van der Waals surface area (Å²) in [6.45, 7) is 0. The Morgan fingerprint density at radius 1 is 1.20 bits per heavy atom. The highest BCUT2D eigenvalue weighted by atomic mass is 127. The van der Waals surface area contributed by atoms with Crippen molar-refractivity contribution in [3.8, 4) is 0 Å². The molecule has 0 heterocycles. The van der Waals surface area contributed by atoms with E-state index in [1.165, 1.54) is 0 Å². The van der Waals surface area contributed by atoms with Crippen LogP contribution in [-0.2, 0) is 10.0 Å². The van der Waals surface area contributed by atoms with Crippen LogP contribution in [-0.4, -0.2) is 8.42 Å². The highest BCUT2D eigenvalue weighted by molar-refractivity contribution is 14.1. The van der Waals surface area contributed by atoms with Crippen molar-refractivity contribution in [3.63, 3.8) is 0 Å². The summed E-state index contributed by atoms with van der Waals surface area (Å²) in [5.74, 6) is -0.662. The van der Waals surface area contributed by atoms with E-state index in [0.717, 1.165) is 18.2 Å². The molecule has 0 aliphatic heterocycles. The molecule has 2 aromatic rings. The predicted molar refractivity (Wildman–Crippen MR) is 85.8 cm³/mol. The molecule has 0 atom stereocenters. The van der Waals surface area contributed by atoms with Crippen LogP contribution in [0.25, 0.3) is 0 Å². The number of nitrogen functional groups attached to an aromatic ring is 1. The van der Waals surface area contributed by atoms with Crippen molar-refractivity contribution >= 4 is 55.6 Å². The van der Waals surface area contributed by atoms with Crippen LogP contribution >= 0.6 is 34.2 Å². The zero-order valence-electron chi connectivity index (χ0n) is 9.90. The van der Waals surface area contributed by atoms with Crippen LogP contribution in [0.4, 0.5) is 15.8 Å². The molecule has 4 nitrogen and oxygen atoms in total. The van der Waals surface area contributed by atoms with Gasteiger partial charge in [0.2, 0.25) is 0 Å². The molecule has 0 spiro atoms. The largest absolute Gasteiger partial charge is 0.396 e. The van der Waals surface area contributed by atoms with E-state index in [2.05, 4.69) is 4.72 Å². The van der Waals surface area contributed by atoms with Crippen LogP contribution in [0.5, 0.6) is 0 Å². The second kappa shape index (κ2) is 5.74. The lowest BCUT2D eigenvalue weighted by atomic mass is 10.3. The van der Waals surface area contributed by atoms with Crippen molar-refractivity contribution in [1.29, 1.82) is 0 Å². The molecule has 0 amide bonds. The van der Waals surface area contributed by atoms with Crippen LogP contribution in [0.3, 0.4) is 0 Å². The molecule has 0 saturated carbocycles. The number of rotatable bonds is 3. The van der Waals surface area contributed by atoms with Crippen molar-refractivity contribution < 1.29 is 12.8 Å². The summed E-state index contributed by atoms with van der Waals surface area (Å²) in [6, 6.07) is 7.97. The minimum atomic E-state index is -3.83. The highest BCUT2D eigenvalue weighted by Crippen LogP contribution is 2.25. The number of halogens is 3. The number of anilines is 2. The van der Waals surface area contributed by atoms with E-state index in [-0.39, 0.29) is 10.6 Å². The quantitative estimate of drug-likeness (QED) is 0.583. The first kappa shape index (κ1) is 15.3. The van der Waals surface area contributed by atoms with Gasteiger partial charge in [0.05, 0.1) is 16.3 Å². The topological polar surface area (TPSA) is 72.2 Å². The molecule has 0 bridgehead atoms. The third-order valence-corrected chi connectivity index (χ3v) is 4.94. The molecular weight excluding hydrogens is 418 g/mol. The summed E-state index contributed by atoms with van der Waals surface area (Å²) in [5.41, 5.74) is 5.54. The van der Waals surface area contributed by atoms with Gasteiger partial charge in [-0.05, 0) is 59.0 Å². The van der Waals surface area contributed by atoms with E-state index in [1.54, 1.807) is 18.2 Å². The van der Waals surface area contributed by atoms with Crippen LogP contribution in [0.1, 0.15) is 0 Å². The summed E-state index contributed by atoms with van der Waals surface area (Å²) < 4.78 is 40.5. The molecule has 106 valence electrons. The normalized spacial score (nSPS) is 11.3. The van der Waals surface area contributed by atoms with Crippen molar-refractivity contribution in [3.05, 3.63) is 50.8 Å². The number of nitrogens with one attached hydrogen (secondary N) is 1. The average Bonchev–Trinajstić information content (AvgIpc) is 2.36. The molecule has 0 aliphatic rings. The Hall–Kier alpha value is -1.06. The first-order valence-corrected chi connectivity index (χ1v) is 8.26. The van der Waals surface area contributed by atoms with Crippen LogP contribution in [0, 0.1) is 9.39 Å². The Bertz CT molecular complexity index is 768. The molecule has 0 unspecified atom stereocenters. The monoisotopic (exact) mass is 426 g/mol. The first-order valence-electron chi connectivity index (χ1n) is 5.32. The zero-order valence-corrected chi connectivity index (χ0v) is 13.6.